The highest BCUT2D eigenvalue weighted by Crippen LogP contribution is 2.24. The van der Waals surface area contributed by atoms with Crippen molar-refractivity contribution in [2.45, 2.75) is 19.3 Å². The van der Waals surface area contributed by atoms with Gasteiger partial charge in [-0.15, -0.1) is 5.10 Å². The van der Waals surface area contributed by atoms with Crippen molar-refractivity contribution < 1.29 is 0 Å². The van der Waals surface area contributed by atoms with E-state index < -0.39 is 0 Å². The average molecular weight is 231 g/mol. The van der Waals surface area contributed by atoms with E-state index in [0.29, 0.717) is 5.56 Å². The topological polar surface area (TPSA) is 78.8 Å². The molecule has 5 heteroatoms. The third kappa shape index (κ3) is 2.71. The summed E-state index contributed by atoms with van der Waals surface area (Å²) in [5.74, 6) is 1.44. The summed E-state index contributed by atoms with van der Waals surface area (Å²) in [6, 6.07) is 3.88. The number of hydrogen-bond acceptors (Lipinski definition) is 5. The van der Waals surface area contributed by atoms with Crippen molar-refractivity contribution >= 4 is 5.82 Å². The van der Waals surface area contributed by atoms with E-state index in [1.807, 2.05) is 0 Å². The van der Waals surface area contributed by atoms with Crippen LogP contribution in [-0.4, -0.2) is 29.8 Å². The van der Waals surface area contributed by atoms with Gasteiger partial charge in [0.25, 0.3) is 0 Å². The third-order valence-electron chi connectivity index (χ3n) is 3.31. The van der Waals surface area contributed by atoms with E-state index in [-0.39, 0.29) is 0 Å². The first-order valence-electron chi connectivity index (χ1n) is 6.02. The first kappa shape index (κ1) is 11.8. The Morgan fingerprint density at radius 1 is 1.47 bits per heavy atom. The average Bonchev–Trinajstić information content (AvgIpc) is 2.40. The zero-order valence-corrected chi connectivity index (χ0v) is 9.84. The molecule has 2 N–H and O–H groups in total. The van der Waals surface area contributed by atoms with Crippen LogP contribution in [0.5, 0.6) is 0 Å². The molecule has 0 aromatic carbocycles. The first-order chi connectivity index (χ1) is 8.35. The lowest BCUT2D eigenvalue weighted by molar-refractivity contribution is 0.384. The summed E-state index contributed by atoms with van der Waals surface area (Å²) in [6.07, 6.45) is 4.90. The fourth-order valence-electron chi connectivity index (χ4n) is 2.31. The van der Waals surface area contributed by atoms with E-state index in [0.717, 1.165) is 50.6 Å². The molecule has 0 unspecified atom stereocenters. The number of piperidine rings is 1. The zero-order chi connectivity index (χ0) is 12.1. The smallest absolute Gasteiger partial charge is 0.169 e. The molecule has 1 fully saturated rings. The van der Waals surface area contributed by atoms with Gasteiger partial charge in [-0.05, 0) is 37.8 Å². The first-order valence-corrected chi connectivity index (χ1v) is 6.02. The summed E-state index contributed by atoms with van der Waals surface area (Å²) >= 11 is 0. The largest absolute Gasteiger partial charge is 0.354 e. The maximum absolute atomic E-state index is 9.02. The molecule has 1 aromatic heterocycles. The lowest BCUT2D eigenvalue weighted by atomic mass is 9.93. The van der Waals surface area contributed by atoms with Crippen LogP contribution in [0.3, 0.4) is 0 Å². The molecular weight excluding hydrogens is 214 g/mol. The fourth-order valence-corrected chi connectivity index (χ4v) is 2.31. The predicted octanol–water partition coefficient (Wildman–Crippen LogP) is 0.913. The van der Waals surface area contributed by atoms with Crippen molar-refractivity contribution in [2.24, 2.45) is 11.7 Å². The van der Waals surface area contributed by atoms with E-state index in [9.17, 15) is 0 Å². The Bertz CT molecular complexity index is 404. The molecule has 0 amide bonds. The molecule has 1 aromatic rings. The summed E-state index contributed by atoms with van der Waals surface area (Å²) in [5.41, 5.74) is 6.18. The van der Waals surface area contributed by atoms with Gasteiger partial charge in [0.2, 0.25) is 0 Å². The van der Waals surface area contributed by atoms with Crippen LogP contribution >= 0.6 is 0 Å². The van der Waals surface area contributed by atoms with Crippen molar-refractivity contribution in [1.29, 1.82) is 5.26 Å². The summed E-state index contributed by atoms with van der Waals surface area (Å²) < 4.78 is 0. The van der Waals surface area contributed by atoms with Crippen molar-refractivity contribution in [3.05, 3.63) is 17.8 Å². The number of nitriles is 1. The van der Waals surface area contributed by atoms with Crippen LogP contribution in [0.15, 0.2) is 12.3 Å². The molecule has 0 bridgehead atoms. The zero-order valence-electron chi connectivity index (χ0n) is 9.84. The number of hydrogen-bond donors (Lipinski definition) is 1. The van der Waals surface area contributed by atoms with Crippen LogP contribution in [-0.2, 0) is 0 Å². The van der Waals surface area contributed by atoms with Gasteiger partial charge in [0.15, 0.2) is 5.82 Å². The Labute approximate surface area is 101 Å². The maximum Gasteiger partial charge on any atom is 0.169 e. The Morgan fingerprint density at radius 2 is 2.24 bits per heavy atom. The number of nitrogens with two attached hydrogens (primary N) is 1. The Morgan fingerprint density at radius 3 is 2.88 bits per heavy atom. The van der Waals surface area contributed by atoms with Crippen LogP contribution in [0.2, 0.25) is 0 Å². The lowest BCUT2D eigenvalue weighted by Crippen LogP contribution is -2.35. The number of nitrogens with zero attached hydrogens (tertiary/aromatic N) is 4. The van der Waals surface area contributed by atoms with Crippen molar-refractivity contribution in [3.63, 3.8) is 0 Å². The van der Waals surface area contributed by atoms with E-state index >= 15 is 0 Å². The fraction of sp³-hybridized carbons (Fsp3) is 0.583. The minimum atomic E-state index is 0.609. The monoisotopic (exact) mass is 231 g/mol. The molecule has 0 spiro atoms. The lowest BCUT2D eigenvalue weighted by Gasteiger charge is -2.32. The number of rotatable bonds is 3. The highest BCUT2D eigenvalue weighted by molar-refractivity contribution is 5.52. The quantitative estimate of drug-likeness (QED) is 0.836. The van der Waals surface area contributed by atoms with E-state index in [1.165, 1.54) is 0 Å². The molecule has 0 radical (unpaired) electrons. The normalized spacial score (nSPS) is 16.8. The van der Waals surface area contributed by atoms with Crippen LogP contribution in [0.4, 0.5) is 5.82 Å². The second-order valence-corrected chi connectivity index (χ2v) is 4.39. The van der Waals surface area contributed by atoms with Crippen LogP contribution < -0.4 is 10.6 Å². The van der Waals surface area contributed by atoms with E-state index in [4.69, 9.17) is 11.0 Å². The van der Waals surface area contributed by atoms with Crippen molar-refractivity contribution in [2.75, 3.05) is 24.5 Å². The third-order valence-corrected chi connectivity index (χ3v) is 3.31. The minimum absolute atomic E-state index is 0.609. The number of aromatic nitrogens is 2. The van der Waals surface area contributed by atoms with Gasteiger partial charge < -0.3 is 10.6 Å². The van der Waals surface area contributed by atoms with Gasteiger partial charge in [-0.3, -0.25) is 0 Å². The molecule has 0 saturated carbocycles. The molecule has 1 aliphatic rings. The molecule has 17 heavy (non-hydrogen) atoms. The molecule has 1 aliphatic heterocycles. The number of anilines is 1. The minimum Gasteiger partial charge on any atom is -0.354 e. The molecular formula is C12H17N5. The predicted molar refractivity (Wildman–Crippen MR) is 65.4 cm³/mol. The summed E-state index contributed by atoms with van der Waals surface area (Å²) in [5, 5.41) is 17.0. The summed E-state index contributed by atoms with van der Waals surface area (Å²) in [4.78, 5) is 2.15. The summed E-state index contributed by atoms with van der Waals surface area (Å²) in [6.45, 7) is 2.65. The highest BCUT2D eigenvalue weighted by atomic mass is 15.3. The van der Waals surface area contributed by atoms with Crippen molar-refractivity contribution in [3.8, 4) is 6.07 Å². The SMILES string of the molecule is N#Cc1ccnnc1N1CCC(CCN)CC1. The highest BCUT2D eigenvalue weighted by Gasteiger charge is 2.21. The Hall–Kier alpha value is -1.67. The summed E-state index contributed by atoms with van der Waals surface area (Å²) in [7, 11) is 0. The van der Waals surface area contributed by atoms with E-state index in [2.05, 4.69) is 21.2 Å². The van der Waals surface area contributed by atoms with Crippen LogP contribution in [0.25, 0.3) is 0 Å². The van der Waals surface area contributed by atoms with Gasteiger partial charge in [0.05, 0.1) is 11.8 Å². The molecule has 2 heterocycles. The molecule has 90 valence electrons. The van der Waals surface area contributed by atoms with Gasteiger partial charge in [-0.2, -0.15) is 10.4 Å². The molecule has 0 aliphatic carbocycles. The van der Waals surface area contributed by atoms with Crippen LogP contribution in [0, 0.1) is 17.2 Å². The Kier molecular flexibility index (Phi) is 3.89. The van der Waals surface area contributed by atoms with Gasteiger partial charge in [0, 0.05) is 13.1 Å². The standard InChI is InChI=1S/C12H17N5/c13-5-1-10-3-7-17(8-4-10)12-11(9-14)2-6-15-16-12/h2,6,10H,1,3-5,7-8,13H2. The molecule has 5 nitrogen and oxygen atoms in total. The van der Waals surface area contributed by atoms with Gasteiger partial charge in [-0.25, -0.2) is 0 Å². The van der Waals surface area contributed by atoms with E-state index in [1.54, 1.807) is 12.3 Å². The Balaban J connectivity index is 2.03. The molecule has 0 atom stereocenters. The van der Waals surface area contributed by atoms with Gasteiger partial charge >= 0.3 is 0 Å². The maximum atomic E-state index is 9.02. The van der Waals surface area contributed by atoms with Gasteiger partial charge in [0.1, 0.15) is 6.07 Å². The molecule has 2 rings (SSSR count). The van der Waals surface area contributed by atoms with Gasteiger partial charge in [-0.1, -0.05) is 0 Å². The van der Waals surface area contributed by atoms with Crippen molar-refractivity contribution in [1.82, 2.24) is 10.2 Å². The second kappa shape index (κ2) is 5.60. The molecule has 1 saturated heterocycles. The van der Waals surface area contributed by atoms with Crippen LogP contribution in [0.1, 0.15) is 24.8 Å². The second-order valence-electron chi connectivity index (χ2n) is 4.39.